The normalized spacial score (nSPS) is 15.3. The molecule has 1 aliphatic heterocycles. The van der Waals surface area contributed by atoms with E-state index in [0.717, 1.165) is 19.3 Å². The van der Waals surface area contributed by atoms with Crippen LogP contribution in [0, 0.1) is 0 Å². The van der Waals surface area contributed by atoms with Gasteiger partial charge in [0.25, 0.3) is 11.5 Å². The first-order valence-corrected chi connectivity index (χ1v) is 12.7. The van der Waals surface area contributed by atoms with Gasteiger partial charge in [-0.3, -0.25) is 19.0 Å². The zero-order valence-electron chi connectivity index (χ0n) is 19.9. The van der Waals surface area contributed by atoms with Crippen molar-refractivity contribution in [3.05, 3.63) is 63.9 Å². The lowest BCUT2D eigenvalue weighted by molar-refractivity contribution is 0.0937. The van der Waals surface area contributed by atoms with Crippen LogP contribution in [0.15, 0.2) is 52.4 Å². The highest BCUT2D eigenvalue weighted by atomic mass is 32.2. The molecule has 8 nitrogen and oxygen atoms in total. The van der Waals surface area contributed by atoms with E-state index in [-0.39, 0.29) is 29.1 Å². The van der Waals surface area contributed by atoms with Crippen LogP contribution >= 0.6 is 11.8 Å². The number of amides is 1. The number of benzene rings is 2. The Kier molecular flexibility index (Phi) is 8.20. The molecule has 1 atom stereocenters. The summed E-state index contributed by atoms with van der Waals surface area (Å²) < 4.78 is 12.5. The number of methoxy groups -OCH3 is 1. The molecule has 4 rings (SSSR count). The molecule has 9 heteroatoms. The summed E-state index contributed by atoms with van der Waals surface area (Å²) in [4.78, 5) is 43.4. The van der Waals surface area contributed by atoms with Crippen LogP contribution in [-0.4, -0.2) is 53.4 Å². The fourth-order valence-electron chi connectivity index (χ4n) is 3.94. The number of ether oxygens (including phenoxy) is 2. The molecule has 1 aromatic heterocycles. The number of ketones is 1. The standard InChI is InChI=1S/C26H29N3O5S/c1-3-12-27-24(31)18-8-11-21-22(14-18)28-26(29(25(21)32)15-20-5-4-13-34-20)35-16-23(30)17-6-9-19(33-2)10-7-17/h6-11,14,20H,3-5,12-13,15-16H2,1-2H3,(H,27,31)/t20-/m1/s1. The highest BCUT2D eigenvalue weighted by molar-refractivity contribution is 7.99. The molecule has 35 heavy (non-hydrogen) atoms. The van der Waals surface area contributed by atoms with Gasteiger partial charge in [-0.2, -0.15) is 0 Å². The Hall–Kier alpha value is -3.17. The summed E-state index contributed by atoms with van der Waals surface area (Å²) in [6.07, 6.45) is 2.59. The number of nitrogens with one attached hydrogen (secondary N) is 1. The number of carbonyl (C=O) groups excluding carboxylic acids is 2. The largest absolute Gasteiger partial charge is 0.497 e. The number of Topliss-reactive ketones (excluding diaryl/α,β-unsaturated/α-hetero) is 1. The molecule has 1 amide bonds. The average molecular weight is 496 g/mol. The van der Waals surface area contributed by atoms with Crippen molar-refractivity contribution in [1.29, 1.82) is 0 Å². The topological polar surface area (TPSA) is 99.5 Å². The van der Waals surface area contributed by atoms with Crippen LogP contribution in [0.5, 0.6) is 5.75 Å². The fourth-order valence-corrected chi connectivity index (χ4v) is 4.84. The molecule has 2 aromatic carbocycles. The van der Waals surface area contributed by atoms with Crippen molar-refractivity contribution < 1.29 is 19.1 Å². The van der Waals surface area contributed by atoms with E-state index in [0.29, 0.717) is 52.6 Å². The molecule has 0 saturated carbocycles. The molecule has 1 N–H and O–H groups in total. The van der Waals surface area contributed by atoms with Crippen LogP contribution in [-0.2, 0) is 11.3 Å². The number of nitrogens with zero attached hydrogens (tertiary/aromatic N) is 2. The van der Waals surface area contributed by atoms with Gasteiger partial charge in [-0.05, 0) is 61.7 Å². The van der Waals surface area contributed by atoms with E-state index in [1.54, 1.807) is 54.1 Å². The quantitative estimate of drug-likeness (QED) is 0.260. The lowest BCUT2D eigenvalue weighted by Gasteiger charge is -2.16. The molecule has 0 aliphatic carbocycles. The highest BCUT2D eigenvalue weighted by Gasteiger charge is 2.21. The summed E-state index contributed by atoms with van der Waals surface area (Å²) in [5, 5.41) is 3.71. The van der Waals surface area contributed by atoms with Crippen molar-refractivity contribution in [3.8, 4) is 5.75 Å². The second kappa shape index (κ2) is 11.5. The minimum absolute atomic E-state index is 0.0670. The molecule has 184 valence electrons. The summed E-state index contributed by atoms with van der Waals surface area (Å²) >= 11 is 1.22. The number of hydrogen-bond acceptors (Lipinski definition) is 7. The van der Waals surface area contributed by atoms with Crippen LogP contribution in [0.2, 0.25) is 0 Å². The molecule has 1 aliphatic rings. The zero-order valence-corrected chi connectivity index (χ0v) is 20.7. The summed E-state index contributed by atoms with van der Waals surface area (Å²) in [6.45, 7) is 3.60. The molecule has 2 heterocycles. The Balaban J connectivity index is 1.64. The predicted molar refractivity (Wildman–Crippen MR) is 136 cm³/mol. The minimum Gasteiger partial charge on any atom is -0.497 e. The lowest BCUT2D eigenvalue weighted by Crippen LogP contribution is -2.29. The van der Waals surface area contributed by atoms with E-state index in [2.05, 4.69) is 5.32 Å². The Labute approximate surface area is 208 Å². The van der Waals surface area contributed by atoms with Gasteiger partial charge in [0.1, 0.15) is 5.75 Å². The second-order valence-corrected chi connectivity index (χ2v) is 9.32. The number of carbonyl (C=O) groups is 2. The number of rotatable bonds is 10. The Bertz CT molecular complexity index is 1270. The van der Waals surface area contributed by atoms with Gasteiger partial charge in [0, 0.05) is 24.3 Å². The fraction of sp³-hybridized carbons (Fsp3) is 0.385. The van der Waals surface area contributed by atoms with Gasteiger partial charge in [0.2, 0.25) is 0 Å². The van der Waals surface area contributed by atoms with Crippen LogP contribution in [0.25, 0.3) is 10.9 Å². The maximum atomic E-state index is 13.4. The molecule has 3 aromatic rings. The van der Waals surface area contributed by atoms with Gasteiger partial charge < -0.3 is 14.8 Å². The van der Waals surface area contributed by atoms with Crippen LogP contribution in [0.4, 0.5) is 0 Å². The Morgan fingerprint density at radius 3 is 2.66 bits per heavy atom. The van der Waals surface area contributed by atoms with E-state index in [9.17, 15) is 14.4 Å². The summed E-state index contributed by atoms with van der Waals surface area (Å²) in [5.74, 6) is 0.507. The van der Waals surface area contributed by atoms with E-state index >= 15 is 0 Å². The SMILES string of the molecule is CCCNC(=O)c1ccc2c(=O)n(C[C@H]3CCCO3)c(SCC(=O)c3ccc(OC)cc3)nc2c1. The van der Waals surface area contributed by atoms with Gasteiger partial charge in [0.05, 0.1) is 36.4 Å². The third-order valence-corrected chi connectivity index (χ3v) is 6.85. The summed E-state index contributed by atoms with van der Waals surface area (Å²) in [7, 11) is 1.57. The minimum atomic E-state index is -0.206. The van der Waals surface area contributed by atoms with Crippen LogP contribution in [0.1, 0.15) is 46.9 Å². The molecule has 0 unspecified atom stereocenters. The molecule has 0 spiro atoms. The maximum absolute atomic E-state index is 13.4. The predicted octanol–water partition coefficient (Wildman–Crippen LogP) is 3.70. The van der Waals surface area contributed by atoms with Crippen molar-refractivity contribution >= 4 is 34.4 Å². The number of hydrogen-bond donors (Lipinski definition) is 1. The summed E-state index contributed by atoms with van der Waals surface area (Å²) in [5.41, 5.74) is 1.23. The number of aromatic nitrogens is 2. The van der Waals surface area contributed by atoms with Gasteiger partial charge in [-0.1, -0.05) is 18.7 Å². The average Bonchev–Trinajstić information content (AvgIpc) is 3.40. The molecular formula is C26H29N3O5S. The summed E-state index contributed by atoms with van der Waals surface area (Å²) in [6, 6.07) is 11.8. The molecule has 0 bridgehead atoms. The Morgan fingerprint density at radius 2 is 1.97 bits per heavy atom. The van der Waals surface area contributed by atoms with Gasteiger partial charge >= 0.3 is 0 Å². The molecule has 1 saturated heterocycles. The van der Waals surface area contributed by atoms with Crippen LogP contribution in [0.3, 0.4) is 0 Å². The third-order valence-electron chi connectivity index (χ3n) is 5.87. The van der Waals surface area contributed by atoms with Crippen molar-refractivity contribution in [3.63, 3.8) is 0 Å². The third kappa shape index (κ3) is 5.91. The first kappa shape index (κ1) is 24.9. The number of thioether (sulfide) groups is 1. The van der Waals surface area contributed by atoms with Crippen LogP contribution < -0.4 is 15.6 Å². The maximum Gasteiger partial charge on any atom is 0.262 e. The van der Waals surface area contributed by atoms with Crippen molar-refractivity contribution in [2.45, 2.75) is 44.0 Å². The highest BCUT2D eigenvalue weighted by Crippen LogP contribution is 2.23. The van der Waals surface area contributed by atoms with Gasteiger partial charge in [-0.15, -0.1) is 0 Å². The molecule has 0 radical (unpaired) electrons. The van der Waals surface area contributed by atoms with Crippen molar-refractivity contribution in [2.24, 2.45) is 0 Å². The van der Waals surface area contributed by atoms with E-state index in [1.807, 2.05) is 6.92 Å². The lowest BCUT2D eigenvalue weighted by atomic mass is 10.1. The molecular weight excluding hydrogens is 466 g/mol. The van der Waals surface area contributed by atoms with Gasteiger partial charge in [0.15, 0.2) is 10.9 Å². The van der Waals surface area contributed by atoms with Crippen molar-refractivity contribution in [1.82, 2.24) is 14.9 Å². The van der Waals surface area contributed by atoms with Gasteiger partial charge in [-0.25, -0.2) is 4.98 Å². The second-order valence-electron chi connectivity index (χ2n) is 8.37. The van der Waals surface area contributed by atoms with E-state index in [1.165, 1.54) is 11.8 Å². The number of fused-ring (bicyclic) bond motifs is 1. The van der Waals surface area contributed by atoms with Crippen molar-refractivity contribution in [2.75, 3.05) is 26.0 Å². The smallest absolute Gasteiger partial charge is 0.262 e. The molecule has 1 fully saturated rings. The zero-order chi connectivity index (χ0) is 24.8. The van der Waals surface area contributed by atoms with E-state index in [4.69, 9.17) is 14.5 Å². The monoisotopic (exact) mass is 495 g/mol. The van der Waals surface area contributed by atoms with E-state index < -0.39 is 0 Å². The first-order chi connectivity index (χ1) is 17.0. The Morgan fingerprint density at radius 1 is 1.20 bits per heavy atom. The first-order valence-electron chi connectivity index (χ1n) is 11.7.